The summed E-state index contributed by atoms with van der Waals surface area (Å²) in [4.78, 5) is 0. The van der Waals surface area contributed by atoms with Gasteiger partial charge in [0.05, 0.1) is 0 Å². The molecule has 6 aliphatic carbocycles. The Morgan fingerprint density at radius 2 is 1.28 bits per heavy atom. The van der Waals surface area contributed by atoms with Crippen LogP contribution in [0.1, 0.15) is 161 Å². The van der Waals surface area contributed by atoms with E-state index >= 15 is 0 Å². The highest BCUT2D eigenvalue weighted by atomic mass is 14.9. The molecule has 0 aromatic heterocycles. The van der Waals surface area contributed by atoms with Gasteiger partial charge in [-0.05, 0) is 142 Å². The van der Waals surface area contributed by atoms with Gasteiger partial charge in [0.15, 0.2) is 0 Å². The summed E-state index contributed by atoms with van der Waals surface area (Å²) in [7, 11) is 0. The molecule has 6 saturated carbocycles. The van der Waals surface area contributed by atoms with E-state index in [1.165, 1.54) is 57.8 Å². The fourth-order valence-electron chi connectivity index (χ4n) is 17.1. The van der Waals surface area contributed by atoms with E-state index in [0.29, 0.717) is 27.1 Å². The van der Waals surface area contributed by atoms with Crippen LogP contribution in [-0.2, 0) is 0 Å². The third kappa shape index (κ3) is 3.74. The zero-order chi connectivity index (χ0) is 31.7. The van der Waals surface area contributed by atoms with Crippen LogP contribution in [0.4, 0.5) is 0 Å². The van der Waals surface area contributed by atoms with Crippen molar-refractivity contribution in [1.82, 2.24) is 0 Å². The van der Waals surface area contributed by atoms with Crippen LogP contribution >= 0.6 is 0 Å². The Morgan fingerprint density at radius 1 is 0.651 bits per heavy atom. The SMILES string of the molecule is CCC[C@]12C(C)[C@H](C)[C@@]3(C)[C@H](C)C4CC[C@H](C)[C@H](C)[C@@]5(C)CCCC[C@@]46[C@H](C([C@H](C)C1(C)C)[C@H]6[C@@H](C)CCC5C(C)C)[C@@H]32. The Kier molecular flexibility index (Phi) is 8.04. The van der Waals surface area contributed by atoms with Gasteiger partial charge in [0.2, 0.25) is 0 Å². The lowest BCUT2D eigenvalue weighted by Crippen LogP contribution is -2.78. The second-order valence-corrected chi connectivity index (χ2v) is 20.3. The average Bonchev–Trinajstić information content (AvgIpc) is 3.08. The van der Waals surface area contributed by atoms with Gasteiger partial charge < -0.3 is 0 Å². The third-order valence-electron chi connectivity index (χ3n) is 19.7. The Hall–Kier alpha value is 0. The summed E-state index contributed by atoms with van der Waals surface area (Å²) in [5.74, 6) is 12.3. The van der Waals surface area contributed by atoms with Crippen molar-refractivity contribution in [2.24, 2.45) is 110 Å². The van der Waals surface area contributed by atoms with Gasteiger partial charge in [0.1, 0.15) is 0 Å². The van der Waals surface area contributed by atoms with Gasteiger partial charge in [-0.1, -0.05) is 129 Å². The van der Waals surface area contributed by atoms with Gasteiger partial charge in [-0.25, -0.2) is 0 Å². The molecular weight excluding hydrogens is 516 g/mol. The maximum Gasteiger partial charge on any atom is -0.0179 e. The van der Waals surface area contributed by atoms with Crippen molar-refractivity contribution in [2.45, 2.75) is 161 Å². The van der Waals surface area contributed by atoms with E-state index in [2.05, 4.69) is 96.9 Å². The first-order valence-electron chi connectivity index (χ1n) is 20.0. The van der Waals surface area contributed by atoms with Crippen LogP contribution in [0.15, 0.2) is 0 Å². The largest absolute Gasteiger partial charge is 0.0654 e. The number of hydrogen-bond acceptors (Lipinski definition) is 0. The third-order valence-corrected chi connectivity index (χ3v) is 19.7. The van der Waals surface area contributed by atoms with E-state index in [0.717, 1.165) is 82.9 Å². The molecule has 2 bridgehead atoms. The Bertz CT molecular complexity index is 1040. The fraction of sp³-hybridized carbons (Fsp3) is 1.00. The Labute approximate surface area is 270 Å². The van der Waals surface area contributed by atoms with E-state index in [1.54, 1.807) is 6.42 Å². The molecule has 0 aliphatic heterocycles. The predicted octanol–water partition coefficient (Wildman–Crippen LogP) is 12.8. The molecule has 6 aliphatic rings. The summed E-state index contributed by atoms with van der Waals surface area (Å²) in [5, 5.41) is 0. The van der Waals surface area contributed by atoms with E-state index in [4.69, 9.17) is 0 Å². The quantitative estimate of drug-likeness (QED) is 0.306. The van der Waals surface area contributed by atoms with E-state index < -0.39 is 0 Å². The minimum absolute atomic E-state index is 0.416. The van der Waals surface area contributed by atoms with Crippen molar-refractivity contribution in [1.29, 1.82) is 0 Å². The molecule has 0 radical (unpaired) electrons. The first-order chi connectivity index (χ1) is 20.0. The van der Waals surface area contributed by atoms with Gasteiger partial charge in [0.25, 0.3) is 0 Å². The number of rotatable bonds is 3. The molecule has 0 aromatic rings. The van der Waals surface area contributed by atoms with Crippen molar-refractivity contribution >= 4 is 0 Å². The van der Waals surface area contributed by atoms with Crippen molar-refractivity contribution in [3.63, 3.8) is 0 Å². The lowest BCUT2D eigenvalue weighted by Gasteiger charge is -2.82. The van der Waals surface area contributed by atoms with Crippen molar-refractivity contribution in [3.05, 3.63) is 0 Å². The van der Waals surface area contributed by atoms with Gasteiger partial charge in [-0.15, -0.1) is 0 Å². The molecule has 17 atom stereocenters. The highest BCUT2D eigenvalue weighted by molar-refractivity contribution is 5.31. The van der Waals surface area contributed by atoms with Gasteiger partial charge in [-0.2, -0.15) is 0 Å². The second-order valence-electron chi connectivity index (χ2n) is 20.3. The molecule has 6 fully saturated rings. The summed E-state index contributed by atoms with van der Waals surface area (Å²) in [5.41, 5.74) is 2.49. The summed E-state index contributed by atoms with van der Waals surface area (Å²) < 4.78 is 0. The highest BCUT2D eigenvalue weighted by Crippen LogP contribution is 2.89. The van der Waals surface area contributed by atoms with E-state index in [1.807, 2.05) is 0 Å². The first kappa shape index (κ1) is 32.9. The lowest BCUT2D eigenvalue weighted by atomic mass is 9.22. The zero-order valence-corrected chi connectivity index (χ0v) is 31.7. The molecule has 0 heteroatoms. The molecule has 248 valence electrons. The van der Waals surface area contributed by atoms with Crippen LogP contribution < -0.4 is 0 Å². The Balaban J connectivity index is 1.59. The zero-order valence-electron chi connectivity index (χ0n) is 31.7. The van der Waals surface area contributed by atoms with Crippen LogP contribution in [0.2, 0.25) is 0 Å². The van der Waals surface area contributed by atoms with Crippen molar-refractivity contribution in [2.75, 3.05) is 0 Å². The summed E-state index contributed by atoms with van der Waals surface area (Å²) >= 11 is 0. The second kappa shape index (κ2) is 10.5. The number of fused-ring (bicyclic) bond motifs is 5. The topological polar surface area (TPSA) is 0 Å². The average molecular weight is 593 g/mol. The molecular formula is C43H76. The molecule has 0 nitrogen and oxygen atoms in total. The highest BCUT2D eigenvalue weighted by Gasteiger charge is 2.84. The maximum absolute atomic E-state index is 2.88. The molecule has 0 amide bonds. The Morgan fingerprint density at radius 3 is 1.91 bits per heavy atom. The van der Waals surface area contributed by atoms with E-state index in [-0.39, 0.29) is 0 Å². The molecule has 43 heavy (non-hydrogen) atoms. The predicted molar refractivity (Wildman–Crippen MR) is 187 cm³/mol. The smallest absolute Gasteiger partial charge is 0.0179 e. The molecule has 0 N–H and O–H groups in total. The molecule has 0 aromatic carbocycles. The van der Waals surface area contributed by atoms with Crippen LogP contribution in [0.25, 0.3) is 0 Å². The summed E-state index contributed by atoms with van der Waals surface area (Å²) in [6, 6.07) is 0. The van der Waals surface area contributed by atoms with Crippen molar-refractivity contribution < 1.29 is 0 Å². The lowest BCUT2D eigenvalue weighted by molar-refractivity contribution is -0.354. The normalized spacial score (nSPS) is 59.4. The molecule has 0 heterocycles. The molecule has 6 rings (SSSR count). The van der Waals surface area contributed by atoms with E-state index in [9.17, 15) is 0 Å². The van der Waals surface area contributed by atoms with Crippen LogP contribution in [0, 0.1) is 110 Å². The molecule has 4 unspecified atom stereocenters. The van der Waals surface area contributed by atoms with Crippen LogP contribution in [-0.4, -0.2) is 0 Å². The first-order valence-corrected chi connectivity index (χ1v) is 20.0. The van der Waals surface area contributed by atoms with Crippen LogP contribution in [0.5, 0.6) is 0 Å². The van der Waals surface area contributed by atoms with Crippen LogP contribution in [0.3, 0.4) is 0 Å². The van der Waals surface area contributed by atoms with Gasteiger partial charge in [0, 0.05) is 0 Å². The standard InChI is InChI=1S/C43H76/c1-15-22-43-30(8)29(7)41(14)31(9)34-21-18-26(4)28(6)40(13)23-16-17-24-42(34)36(27(5)19-20-33(40)25(2)3)35(37(42)38(41)43)32(10)39(43,11)12/h25-38H,15-24H2,1-14H3/t26-,27-,28-,29-,30?,31+,32-,33?,34?,35?,36+,37+,38-,40+,41-,42+,43+/m0/s1. The molecule has 0 saturated heterocycles. The number of hydrogen-bond donors (Lipinski definition) is 0. The molecule has 1 spiro atoms. The van der Waals surface area contributed by atoms with Crippen molar-refractivity contribution in [3.8, 4) is 0 Å². The fourth-order valence-corrected chi connectivity index (χ4v) is 17.1. The summed E-state index contributed by atoms with van der Waals surface area (Å²) in [6.07, 6.45) is 14.8. The minimum Gasteiger partial charge on any atom is -0.0654 e. The maximum atomic E-state index is 2.88. The van der Waals surface area contributed by atoms with Gasteiger partial charge >= 0.3 is 0 Å². The minimum atomic E-state index is 0.416. The summed E-state index contributed by atoms with van der Waals surface area (Å²) in [6.45, 7) is 38.3. The monoisotopic (exact) mass is 593 g/mol. The van der Waals surface area contributed by atoms with Gasteiger partial charge in [-0.3, -0.25) is 0 Å².